The van der Waals surface area contributed by atoms with Crippen LogP contribution in [0.4, 0.5) is 0 Å². The summed E-state index contributed by atoms with van der Waals surface area (Å²) in [5.41, 5.74) is 2.20. The Hall–Kier alpha value is 1.15. The van der Waals surface area contributed by atoms with Crippen LogP contribution in [0, 0.1) is 0 Å². The first-order valence-electron chi connectivity index (χ1n) is 8.69. The van der Waals surface area contributed by atoms with Gasteiger partial charge in [-0.05, 0) is 50.1 Å². The van der Waals surface area contributed by atoms with Gasteiger partial charge in [-0.15, -0.1) is 0 Å². The van der Waals surface area contributed by atoms with Gasteiger partial charge in [-0.1, -0.05) is 70.8 Å². The molecule has 2 rings (SSSR count). The molecule has 22 heavy (non-hydrogen) atoms. The zero-order valence-electron chi connectivity index (χ0n) is 13.8. The summed E-state index contributed by atoms with van der Waals surface area (Å²) in [5, 5.41) is 0. The average Bonchev–Trinajstić information content (AvgIpc) is 2.57. The summed E-state index contributed by atoms with van der Waals surface area (Å²) in [5.74, 6) is 0. The molecule has 0 saturated heterocycles. The summed E-state index contributed by atoms with van der Waals surface area (Å²) in [6.07, 6.45) is 25.7. The van der Waals surface area contributed by atoms with Gasteiger partial charge in [0.15, 0.2) is 0 Å². The van der Waals surface area contributed by atoms with Crippen molar-refractivity contribution in [1.29, 1.82) is 0 Å². The van der Waals surface area contributed by atoms with Crippen LogP contribution >= 0.6 is 27.0 Å². The van der Waals surface area contributed by atoms with Crippen LogP contribution in [0.5, 0.6) is 0 Å². The predicted octanol–water partition coefficient (Wildman–Crippen LogP) is 7.64. The van der Waals surface area contributed by atoms with Gasteiger partial charge < -0.3 is 0 Å². The molecule has 0 amide bonds. The van der Waals surface area contributed by atoms with Crippen LogP contribution in [-0.2, 0) is 15.9 Å². The molecule has 0 bridgehead atoms. The van der Waals surface area contributed by atoms with E-state index < -0.39 is 0 Å². The third-order valence-electron chi connectivity index (χ3n) is 4.84. The molecule has 0 heterocycles. The van der Waals surface area contributed by atoms with Crippen molar-refractivity contribution in [3.05, 3.63) is 24.3 Å². The van der Waals surface area contributed by atoms with Crippen molar-refractivity contribution in [3.8, 4) is 0 Å². The molecule has 0 N–H and O–H groups in total. The van der Waals surface area contributed by atoms with E-state index in [1.807, 2.05) is 0 Å². The second-order valence-electron chi connectivity index (χ2n) is 6.28. The molecule has 2 fully saturated rings. The van der Waals surface area contributed by atoms with E-state index in [1.54, 1.807) is 25.7 Å². The summed E-state index contributed by atoms with van der Waals surface area (Å²) in [7, 11) is 9.89. The van der Waals surface area contributed by atoms with Gasteiger partial charge in [0, 0.05) is 0 Å². The van der Waals surface area contributed by atoms with E-state index in [0.29, 0.717) is 0 Å². The quantitative estimate of drug-likeness (QED) is 0.227. The van der Waals surface area contributed by atoms with Crippen molar-refractivity contribution in [3.63, 3.8) is 0 Å². The van der Waals surface area contributed by atoms with E-state index in [-0.39, 0.29) is 23.9 Å². The Morgan fingerprint density at radius 3 is 1.73 bits per heavy atom. The first-order valence-corrected chi connectivity index (χ1v) is 14.4. The summed E-state index contributed by atoms with van der Waals surface area (Å²) in [4.78, 5) is 0. The van der Waals surface area contributed by atoms with Gasteiger partial charge in [0.05, 0.1) is 0 Å². The average molecular weight is 456 g/mol. The number of allylic oxidation sites excluding steroid dienone is 4. The zero-order valence-corrected chi connectivity index (χ0v) is 17.7. The van der Waals surface area contributed by atoms with Crippen molar-refractivity contribution in [2.75, 3.05) is 6.16 Å². The van der Waals surface area contributed by atoms with Crippen LogP contribution < -0.4 is 0 Å². The topological polar surface area (TPSA) is 0 Å². The molecule has 0 radical (unpaired) electrons. The number of hydrogen-bond acceptors (Lipinski definition) is 0. The molecule has 0 aromatic rings. The minimum absolute atomic E-state index is 0.106. The SMILES string of the molecule is CC=CC=CCP(C1CCCCC1)C1CCCCC1.[Cl][Pd][Cl]. The van der Waals surface area contributed by atoms with Gasteiger partial charge in [-0.2, -0.15) is 0 Å². The van der Waals surface area contributed by atoms with Gasteiger partial charge >= 0.3 is 35.0 Å². The van der Waals surface area contributed by atoms with Crippen LogP contribution in [0.3, 0.4) is 0 Å². The van der Waals surface area contributed by atoms with E-state index in [2.05, 4.69) is 31.2 Å². The van der Waals surface area contributed by atoms with Gasteiger partial charge in [-0.25, -0.2) is 0 Å². The van der Waals surface area contributed by atoms with Crippen molar-refractivity contribution < 1.29 is 15.9 Å². The third-order valence-corrected chi connectivity index (χ3v) is 8.38. The Morgan fingerprint density at radius 1 is 0.864 bits per heavy atom. The van der Waals surface area contributed by atoms with Crippen LogP contribution in [0.25, 0.3) is 0 Å². The maximum atomic E-state index is 4.81. The Balaban J connectivity index is 0.000000745. The molecule has 132 valence electrons. The van der Waals surface area contributed by atoms with Crippen molar-refractivity contribution in [1.82, 2.24) is 0 Å². The fraction of sp³-hybridized carbons (Fsp3) is 0.778. The van der Waals surface area contributed by atoms with Gasteiger partial charge in [-0.3, -0.25) is 0 Å². The molecule has 0 nitrogen and oxygen atoms in total. The van der Waals surface area contributed by atoms with Gasteiger partial charge in [0.1, 0.15) is 0 Å². The monoisotopic (exact) mass is 454 g/mol. The Morgan fingerprint density at radius 2 is 1.32 bits per heavy atom. The molecule has 0 aliphatic heterocycles. The predicted molar refractivity (Wildman–Crippen MR) is 101 cm³/mol. The van der Waals surface area contributed by atoms with E-state index in [4.69, 9.17) is 19.1 Å². The minimum atomic E-state index is -0.106. The van der Waals surface area contributed by atoms with Crippen molar-refractivity contribution in [2.45, 2.75) is 82.4 Å². The van der Waals surface area contributed by atoms with E-state index in [0.717, 1.165) is 11.3 Å². The van der Waals surface area contributed by atoms with Crippen molar-refractivity contribution >= 4 is 27.0 Å². The van der Waals surface area contributed by atoms with E-state index in [9.17, 15) is 0 Å². The van der Waals surface area contributed by atoms with Gasteiger partial charge in [0.25, 0.3) is 0 Å². The molecule has 0 aromatic heterocycles. The summed E-state index contributed by atoms with van der Waals surface area (Å²) < 4.78 is 0. The zero-order chi connectivity index (χ0) is 16.0. The van der Waals surface area contributed by atoms with Crippen LogP contribution in [0.1, 0.15) is 71.1 Å². The molecule has 4 heteroatoms. The normalized spacial score (nSPS) is 21.6. The summed E-state index contributed by atoms with van der Waals surface area (Å²) >= 11 is -0.106. The molecular weight excluding hydrogens is 424 g/mol. The second-order valence-corrected chi connectivity index (χ2v) is 11.5. The first-order chi connectivity index (χ1) is 10.8. The maximum absolute atomic E-state index is 4.81. The summed E-state index contributed by atoms with van der Waals surface area (Å²) in [6, 6.07) is 0. The summed E-state index contributed by atoms with van der Waals surface area (Å²) in [6.45, 7) is 2.11. The molecule has 2 aliphatic carbocycles. The second kappa shape index (κ2) is 14.5. The number of rotatable bonds is 5. The third kappa shape index (κ3) is 8.85. The Bertz CT molecular complexity index is 290. The fourth-order valence-corrected chi connectivity index (χ4v) is 7.41. The van der Waals surface area contributed by atoms with E-state index in [1.165, 1.54) is 44.7 Å². The van der Waals surface area contributed by atoms with E-state index >= 15 is 0 Å². The standard InChI is InChI=1S/C18H31P.2ClH.Pd/c1-2-3-4-11-16-19(17-12-7-5-8-13-17)18-14-9-6-10-15-18;;;/h2-4,11,17-18H,5-10,12-16H2,1H3;2*1H;/q;;;+2/p-2. The molecule has 0 unspecified atom stereocenters. The Kier molecular flexibility index (Phi) is 14.0. The van der Waals surface area contributed by atoms with Crippen LogP contribution in [0.2, 0.25) is 0 Å². The van der Waals surface area contributed by atoms with Crippen LogP contribution in [0.15, 0.2) is 24.3 Å². The Labute approximate surface area is 155 Å². The number of halogens is 2. The van der Waals surface area contributed by atoms with Gasteiger partial charge in [0.2, 0.25) is 0 Å². The molecule has 2 aliphatic rings. The molecular formula is C18H31Cl2PPd. The first kappa shape index (κ1) is 21.2. The molecule has 0 spiro atoms. The molecule has 2 saturated carbocycles. The number of hydrogen-bond donors (Lipinski definition) is 0. The molecule has 0 atom stereocenters. The van der Waals surface area contributed by atoms with Crippen molar-refractivity contribution in [2.24, 2.45) is 0 Å². The molecule has 0 aromatic carbocycles. The van der Waals surface area contributed by atoms with Crippen LogP contribution in [-0.4, -0.2) is 17.5 Å². The fourth-order valence-electron chi connectivity index (χ4n) is 3.79.